The Balaban J connectivity index is 1.97. The summed E-state index contributed by atoms with van der Waals surface area (Å²) >= 11 is 0. The Morgan fingerprint density at radius 2 is 2.12 bits per heavy atom. The van der Waals surface area contributed by atoms with E-state index < -0.39 is 5.97 Å². The lowest BCUT2D eigenvalue weighted by molar-refractivity contribution is 0.0660. The van der Waals surface area contributed by atoms with E-state index in [1.54, 1.807) is 12.1 Å². The fourth-order valence-corrected chi connectivity index (χ4v) is 1.24. The van der Waals surface area contributed by atoms with Crippen LogP contribution in [-0.2, 0) is 6.54 Å². The molecule has 0 atom stereocenters. The van der Waals surface area contributed by atoms with E-state index in [9.17, 15) is 9.18 Å². The van der Waals surface area contributed by atoms with E-state index in [1.807, 2.05) is 0 Å². The first-order valence-electron chi connectivity index (χ1n) is 4.82. The van der Waals surface area contributed by atoms with E-state index in [2.05, 4.69) is 10.3 Å². The fourth-order valence-electron chi connectivity index (χ4n) is 1.24. The van der Waals surface area contributed by atoms with E-state index in [0.29, 0.717) is 5.69 Å². The lowest BCUT2D eigenvalue weighted by Crippen LogP contribution is -1.99. The summed E-state index contributed by atoms with van der Waals surface area (Å²) in [5.41, 5.74) is 0.696. The molecule has 2 rings (SSSR count). The second-order valence-electron chi connectivity index (χ2n) is 3.28. The average molecular weight is 236 g/mol. The molecule has 17 heavy (non-hydrogen) atoms. The number of oxazole rings is 1. The molecule has 88 valence electrons. The summed E-state index contributed by atoms with van der Waals surface area (Å²) in [5.74, 6) is -1.43. The van der Waals surface area contributed by atoms with Crippen molar-refractivity contribution in [2.24, 2.45) is 0 Å². The highest BCUT2D eigenvalue weighted by molar-refractivity contribution is 5.83. The average Bonchev–Trinajstić information content (AvgIpc) is 2.77. The summed E-state index contributed by atoms with van der Waals surface area (Å²) in [6, 6.07) is 5.77. The number of aromatic carboxylic acids is 1. The highest BCUT2D eigenvalue weighted by Gasteiger charge is 2.09. The van der Waals surface area contributed by atoms with Gasteiger partial charge >= 0.3 is 5.97 Å². The number of carboxylic acid groups (broad SMARTS) is 1. The molecule has 0 radical (unpaired) electrons. The van der Waals surface area contributed by atoms with Gasteiger partial charge in [0.05, 0.1) is 12.7 Å². The van der Waals surface area contributed by atoms with Gasteiger partial charge in [-0.15, -0.1) is 0 Å². The SMILES string of the molecule is O=C(O)c1cnc(CNc2ccc(F)cc2)o1. The number of rotatable bonds is 4. The summed E-state index contributed by atoms with van der Waals surface area (Å²) in [6.45, 7) is 0.235. The molecule has 2 aromatic rings. The van der Waals surface area contributed by atoms with Gasteiger partial charge in [0.15, 0.2) is 0 Å². The molecule has 0 fully saturated rings. The van der Waals surface area contributed by atoms with Gasteiger partial charge in [0.1, 0.15) is 5.82 Å². The number of carbonyl (C=O) groups is 1. The van der Waals surface area contributed by atoms with E-state index >= 15 is 0 Å². The van der Waals surface area contributed by atoms with E-state index in [1.165, 1.54) is 12.1 Å². The molecular formula is C11H9FN2O3. The third-order valence-corrected chi connectivity index (χ3v) is 2.05. The zero-order chi connectivity index (χ0) is 12.3. The summed E-state index contributed by atoms with van der Waals surface area (Å²) in [4.78, 5) is 14.3. The van der Waals surface area contributed by atoms with E-state index in [-0.39, 0.29) is 24.0 Å². The maximum absolute atomic E-state index is 12.6. The fraction of sp³-hybridized carbons (Fsp3) is 0.0909. The monoisotopic (exact) mass is 236 g/mol. The van der Waals surface area contributed by atoms with Gasteiger partial charge < -0.3 is 14.8 Å². The van der Waals surface area contributed by atoms with Crippen LogP contribution in [0.25, 0.3) is 0 Å². The van der Waals surface area contributed by atoms with Gasteiger partial charge in [-0.25, -0.2) is 14.2 Å². The number of nitrogens with one attached hydrogen (secondary N) is 1. The van der Waals surface area contributed by atoms with Crippen molar-refractivity contribution in [2.75, 3.05) is 5.32 Å². The largest absolute Gasteiger partial charge is 0.475 e. The molecule has 1 heterocycles. The lowest BCUT2D eigenvalue weighted by atomic mass is 10.3. The summed E-state index contributed by atoms with van der Waals surface area (Å²) in [6.07, 6.45) is 1.14. The van der Waals surface area contributed by atoms with E-state index in [4.69, 9.17) is 9.52 Å². The highest BCUT2D eigenvalue weighted by atomic mass is 19.1. The van der Waals surface area contributed by atoms with Gasteiger partial charge in [-0.3, -0.25) is 0 Å². The van der Waals surface area contributed by atoms with Gasteiger partial charge in [0.25, 0.3) is 0 Å². The third-order valence-electron chi connectivity index (χ3n) is 2.05. The van der Waals surface area contributed by atoms with Gasteiger partial charge in [-0.2, -0.15) is 0 Å². The van der Waals surface area contributed by atoms with Crippen LogP contribution in [0, 0.1) is 5.82 Å². The van der Waals surface area contributed by atoms with Crippen molar-refractivity contribution < 1.29 is 18.7 Å². The van der Waals surface area contributed by atoms with Crippen LogP contribution >= 0.6 is 0 Å². The van der Waals surface area contributed by atoms with Gasteiger partial charge in [0.2, 0.25) is 11.7 Å². The number of benzene rings is 1. The quantitative estimate of drug-likeness (QED) is 0.850. The highest BCUT2D eigenvalue weighted by Crippen LogP contribution is 2.10. The van der Waals surface area contributed by atoms with Crippen molar-refractivity contribution in [3.8, 4) is 0 Å². The van der Waals surface area contributed by atoms with Crippen molar-refractivity contribution in [3.05, 3.63) is 47.9 Å². The Hall–Kier alpha value is -2.37. The normalized spacial score (nSPS) is 10.2. The molecule has 0 bridgehead atoms. The standard InChI is InChI=1S/C11H9FN2O3/c12-7-1-3-8(4-2-7)13-6-10-14-5-9(17-10)11(15)16/h1-5,13H,6H2,(H,15,16). The minimum atomic E-state index is -1.16. The molecule has 1 aromatic heterocycles. The second kappa shape index (κ2) is 4.65. The van der Waals surface area contributed by atoms with Crippen LogP contribution in [0.2, 0.25) is 0 Å². The molecule has 0 saturated heterocycles. The zero-order valence-electron chi connectivity index (χ0n) is 8.68. The minimum absolute atomic E-state index is 0.207. The predicted molar refractivity (Wildman–Crippen MR) is 57.2 cm³/mol. The molecular weight excluding hydrogens is 227 g/mol. The van der Waals surface area contributed by atoms with Crippen LogP contribution in [0.3, 0.4) is 0 Å². The number of hydrogen-bond donors (Lipinski definition) is 2. The van der Waals surface area contributed by atoms with E-state index in [0.717, 1.165) is 6.20 Å². The number of hydrogen-bond acceptors (Lipinski definition) is 4. The van der Waals surface area contributed by atoms with Crippen LogP contribution in [0.5, 0.6) is 0 Å². The minimum Gasteiger partial charge on any atom is -0.475 e. The first-order chi connectivity index (χ1) is 8.15. The summed E-state index contributed by atoms with van der Waals surface area (Å²) in [7, 11) is 0. The molecule has 0 aliphatic carbocycles. The van der Waals surface area contributed by atoms with Crippen LogP contribution in [-0.4, -0.2) is 16.1 Å². The number of carboxylic acids is 1. The van der Waals surface area contributed by atoms with Gasteiger partial charge in [-0.05, 0) is 24.3 Å². The maximum Gasteiger partial charge on any atom is 0.373 e. The van der Waals surface area contributed by atoms with Gasteiger partial charge in [-0.1, -0.05) is 0 Å². The Morgan fingerprint density at radius 3 is 2.71 bits per heavy atom. The van der Waals surface area contributed by atoms with Crippen molar-refractivity contribution in [1.29, 1.82) is 0 Å². The topological polar surface area (TPSA) is 75.4 Å². The van der Waals surface area contributed by atoms with Crippen LogP contribution < -0.4 is 5.32 Å². The first-order valence-corrected chi connectivity index (χ1v) is 4.82. The molecule has 1 aromatic carbocycles. The third kappa shape index (κ3) is 2.81. The molecule has 0 aliphatic rings. The predicted octanol–water partition coefficient (Wildman–Crippen LogP) is 2.12. The first kappa shape index (κ1) is 11.1. The number of anilines is 1. The second-order valence-corrected chi connectivity index (χ2v) is 3.28. The molecule has 0 aliphatic heterocycles. The molecule has 6 heteroatoms. The molecule has 0 amide bonds. The number of nitrogens with zero attached hydrogens (tertiary/aromatic N) is 1. The number of aromatic nitrogens is 1. The number of halogens is 1. The van der Waals surface area contributed by atoms with Crippen molar-refractivity contribution in [2.45, 2.75) is 6.54 Å². The molecule has 5 nitrogen and oxygen atoms in total. The van der Waals surface area contributed by atoms with Crippen LogP contribution in [0.4, 0.5) is 10.1 Å². The Bertz CT molecular complexity index is 522. The molecule has 2 N–H and O–H groups in total. The molecule has 0 saturated carbocycles. The summed E-state index contributed by atoms with van der Waals surface area (Å²) in [5, 5.41) is 11.5. The Labute approximate surface area is 95.9 Å². The van der Waals surface area contributed by atoms with Gasteiger partial charge in [0, 0.05) is 5.69 Å². The van der Waals surface area contributed by atoms with Crippen LogP contribution in [0.15, 0.2) is 34.9 Å². The lowest BCUT2D eigenvalue weighted by Gasteiger charge is -2.02. The molecule has 0 spiro atoms. The van der Waals surface area contributed by atoms with Crippen molar-refractivity contribution in [3.63, 3.8) is 0 Å². The Morgan fingerprint density at radius 1 is 1.41 bits per heavy atom. The summed E-state index contributed by atoms with van der Waals surface area (Å²) < 4.78 is 17.6. The Kier molecular flexibility index (Phi) is 3.04. The van der Waals surface area contributed by atoms with Crippen molar-refractivity contribution in [1.82, 2.24) is 4.98 Å². The zero-order valence-corrected chi connectivity index (χ0v) is 8.68. The maximum atomic E-state index is 12.6. The molecule has 0 unspecified atom stereocenters. The smallest absolute Gasteiger partial charge is 0.373 e. The van der Waals surface area contributed by atoms with Crippen LogP contribution in [0.1, 0.15) is 16.4 Å². The van der Waals surface area contributed by atoms with Crippen molar-refractivity contribution >= 4 is 11.7 Å².